The molecule has 1 nitrogen and oxygen atoms in total. The zero-order valence-corrected chi connectivity index (χ0v) is 11.7. The smallest absolute Gasteiger partial charge is 0.0335 e. The monoisotopic (exact) mass is 261 g/mol. The van der Waals surface area contributed by atoms with Crippen molar-refractivity contribution >= 4 is 10.8 Å². The second-order valence-corrected chi connectivity index (χ2v) is 5.40. The molecule has 0 radical (unpaired) electrons. The van der Waals surface area contributed by atoms with E-state index in [1.807, 2.05) is 0 Å². The van der Waals surface area contributed by atoms with Crippen molar-refractivity contribution in [1.29, 1.82) is 0 Å². The summed E-state index contributed by atoms with van der Waals surface area (Å²) in [6, 6.07) is 23.5. The zero-order chi connectivity index (χ0) is 13.9. The maximum atomic E-state index is 6.36. The lowest BCUT2D eigenvalue weighted by atomic mass is 9.97. The molecule has 0 aliphatic rings. The molecule has 20 heavy (non-hydrogen) atoms. The van der Waals surface area contributed by atoms with E-state index in [2.05, 4.69) is 73.7 Å². The van der Waals surface area contributed by atoms with Crippen LogP contribution in [0.15, 0.2) is 66.7 Å². The molecule has 1 atom stereocenters. The summed E-state index contributed by atoms with van der Waals surface area (Å²) < 4.78 is 0. The summed E-state index contributed by atoms with van der Waals surface area (Å²) in [6.45, 7) is 2.10. The average Bonchev–Trinajstić information content (AvgIpc) is 2.49. The van der Waals surface area contributed by atoms with Crippen molar-refractivity contribution in [2.24, 2.45) is 5.73 Å². The van der Waals surface area contributed by atoms with E-state index in [9.17, 15) is 0 Å². The summed E-state index contributed by atoms with van der Waals surface area (Å²) in [5.41, 5.74) is 10.1. The molecule has 1 heteroatoms. The zero-order valence-electron chi connectivity index (χ0n) is 11.7. The highest BCUT2D eigenvalue weighted by atomic mass is 14.6. The molecule has 1 unspecified atom stereocenters. The lowest BCUT2D eigenvalue weighted by molar-refractivity contribution is 0.723. The summed E-state index contributed by atoms with van der Waals surface area (Å²) in [5.74, 6) is 0. The standard InChI is InChI=1S/C19H19N/c1-14-6-8-15(9-7-14)12-19(20)18-11-10-16-4-2-3-5-17(16)13-18/h2-11,13,19H,12,20H2,1H3. The highest BCUT2D eigenvalue weighted by Gasteiger charge is 2.07. The highest BCUT2D eigenvalue weighted by Crippen LogP contribution is 2.21. The Balaban J connectivity index is 1.84. The van der Waals surface area contributed by atoms with Crippen LogP contribution in [0, 0.1) is 6.92 Å². The topological polar surface area (TPSA) is 26.0 Å². The average molecular weight is 261 g/mol. The van der Waals surface area contributed by atoms with E-state index >= 15 is 0 Å². The third kappa shape index (κ3) is 2.73. The highest BCUT2D eigenvalue weighted by molar-refractivity contribution is 5.83. The van der Waals surface area contributed by atoms with Gasteiger partial charge in [0.1, 0.15) is 0 Å². The van der Waals surface area contributed by atoms with Crippen LogP contribution in [-0.4, -0.2) is 0 Å². The van der Waals surface area contributed by atoms with Crippen molar-refractivity contribution in [2.45, 2.75) is 19.4 Å². The summed E-state index contributed by atoms with van der Waals surface area (Å²) in [6.07, 6.45) is 0.874. The van der Waals surface area contributed by atoms with E-state index in [-0.39, 0.29) is 6.04 Å². The van der Waals surface area contributed by atoms with Gasteiger partial charge in [0.15, 0.2) is 0 Å². The van der Waals surface area contributed by atoms with Crippen molar-refractivity contribution < 1.29 is 0 Å². The number of benzene rings is 3. The number of fused-ring (bicyclic) bond motifs is 1. The molecule has 0 aromatic heterocycles. The molecular formula is C19H19N. The van der Waals surface area contributed by atoms with Crippen LogP contribution >= 0.6 is 0 Å². The Morgan fingerprint density at radius 1 is 0.850 bits per heavy atom. The van der Waals surface area contributed by atoms with E-state index in [4.69, 9.17) is 5.73 Å². The minimum atomic E-state index is 0.0438. The van der Waals surface area contributed by atoms with Crippen molar-refractivity contribution in [3.8, 4) is 0 Å². The Hall–Kier alpha value is -2.12. The molecule has 3 aromatic carbocycles. The molecule has 0 bridgehead atoms. The number of aryl methyl sites for hydroxylation is 1. The first-order valence-electron chi connectivity index (χ1n) is 7.02. The Kier molecular flexibility index (Phi) is 3.53. The fraction of sp³-hybridized carbons (Fsp3) is 0.158. The Morgan fingerprint density at radius 3 is 2.30 bits per heavy atom. The number of nitrogens with two attached hydrogens (primary N) is 1. The van der Waals surface area contributed by atoms with Crippen molar-refractivity contribution in [2.75, 3.05) is 0 Å². The van der Waals surface area contributed by atoms with Crippen molar-refractivity contribution in [1.82, 2.24) is 0 Å². The Labute approximate surface area is 120 Å². The van der Waals surface area contributed by atoms with Gasteiger partial charge in [0.25, 0.3) is 0 Å². The van der Waals surface area contributed by atoms with Gasteiger partial charge in [-0.25, -0.2) is 0 Å². The van der Waals surface area contributed by atoms with Gasteiger partial charge in [-0.15, -0.1) is 0 Å². The van der Waals surface area contributed by atoms with Crippen LogP contribution in [0.4, 0.5) is 0 Å². The Morgan fingerprint density at radius 2 is 1.55 bits per heavy atom. The second-order valence-electron chi connectivity index (χ2n) is 5.40. The van der Waals surface area contributed by atoms with Gasteiger partial charge in [0.2, 0.25) is 0 Å². The van der Waals surface area contributed by atoms with E-state index in [0.717, 1.165) is 6.42 Å². The van der Waals surface area contributed by atoms with Gasteiger partial charge in [-0.2, -0.15) is 0 Å². The van der Waals surface area contributed by atoms with Crippen LogP contribution in [0.2, 0.25) is 0 Å². The lowest BCUT2D eigenvalue weighted by Crippen LogP contribution is -2.13. The van der Waals surface area contributed by atoms with Gasteiger partial charge in [0.05, 0.1) is 0 Å². The van der Waals surface area contributed by atoms with E-state index in [0.29, 0.717) is 0 Å². The quantitative estimate of drug-likeness (QED) is 0.743. The first-order chi connectivity index (χ1) is 9.72. The predicted molar refractivity (Wildman–Crippen MR) is 85.8 cm³/mol. The molecule has 0 aliphatic heterocycles. The first kappa shape index (κ1) is 12.9. The second kappa shape index (κ2) is 5.48. The van der Waals surface area contributed by atoms with Gasteiger partial charge in [-0.3, -0.25) is 0 Å². The molecule has 3 rings (SSSR count). The van der Waals surface area contributed by atoms with Gasteiger partial charge in [-0.1, -0.05) is 66.2 Å². The normalized spacial score (nSPS) is 12.5. The summed E-state index contributed by atoms with van der Waals surface area (Å²) in [5, 5.41) is 2.52. The van der Waals surface area contributed by atoms with Crippen molar-refractivity contribution in [3.05, 3.63) is 83.4 Å². The van der Waals surface area contributed by atoms with Gasteiger partial charge in [0, 0.05) is 6.04 Å². The van der Waals surface area contributed by atoms with Crippen LogP contribution in [-0.2, 0) is 6.42 Å². The SMILES string of the molecule is Cc1ccc(CC(N)c2ccc3ccccc3c2)cc1. The fourth-order valence-corrected chi connectivity index (χ4v) is 2.53. The summed E-state index contributed by atoms with van der Waals surface area (Å²) in [4.78, 5) is 0. The van der Waals surface area contributed by atoms with Crippen LogP contribution in [0.25, 0.3) is 10.8 Å². The van der Waals surface area contributed by atoms with Crippen molar-refractivity contribution in [3.63, 3.8) is 0 Å². The minimum Gasteiger partial charge on any atom is -0.324 e. The third-order valence-corrected chi connectivity index (χ3v) is 3.78. The van der Waals surface area contributed by atoms with Gasteiger partial charge >= 0.3 is 0 Å². The fourth-order valence-electron chi connectivity index (χ4n) is 2.53. The molecule has 0 aliphatic carbocycles. The minimum absolute atomic E-state index is 0.0438. The molecule has 100 valence electrons. The molecule has 0 fully saturated rings. The van der Waals surface area contributed by atoms with Gasteiger partial charge < -0.3 is 5.73 Å². The Bertz CT molecular complexity index is 713. The maximum Gasteiger partial charge on any atom is 0.0335 e. The predicted octanol–water partition coefficient (Wildman–Crippen LogP) is 4.39. The summed E-state index contributed by atoms with van der Waals surface area (Å²) >= 11 is 0. The number of hydrogen-bond donors (Lipinski definition) is 1. The molecule has 0 amide bonds. The van der Waals surface area contributed by atoms with Gasteiger partial charge in [-0.05, 0) is 41.3 Å². The molecule has 0 saturated carbocycles. The van der Waals surface area contributed by atoms with E-state index < -0.39 is 0 Å². The molecule has 2 N–H and O–H groups in total. The number of rotatable bonds is 3. The van der Waals surface area contributed by atoms with E-state index in [1.54, 1.807) is 0 Å². The van der Waals surface area contributed by atoms with Crippen LogP contribution in [0.1, 0.15) is 22.7 Å². The molecule has 0 spiro atoms. The van der Waals surface area contributed by atoms with Crippen LogP contribution in [0.5, 0.6) is 0 Å². The number of hydrogen-bond acceptors (Lipinski definition) is 1. The van der Waals surface area contributed by atoms with E-state index in [1.165, 1.54) is 27.5 Å². The molecule has 3 aromatic rings. The molecule has 0 saturated heterocycles. The summed E-state index contributed by atoms with van der Waals surface area (Å²) in [7, 11) is 0. The molecular weight excluding hydrogens is 242 g/mol. The largest absolute Gasteiger partial charge is 0.324 e. The van der Waals surface area contributed by atoms with Crippen LogP contribution in [0.3, 0.4) is 0 Å². The lowest BCUT2D eigenvalue weighted by Gasteiger charge is -2.13. The van der Waals surface area contributed by atoms with Crippen LogP contribution < -0.4 is 5.73 Å². The first-order valence-corrected chi connectivity index (χ1v) is 7.02. The maximum absolute atomic E-state index is 6.36. The third-order valence-electron chi connectivity index (χ3n) is 3.78. The molecule has 0 heterocycles.